The van der Waals surface area contributed by atoms with Gasteiger partial charge in [-0.1, -0.05) is 0 Å². The first-order valence-corrected chi connectivity index (χ1v) is 10.4. The van der Waals surface area contributed by atoms with Crippen LogP contribution in [0.5, 0.6) is 0 Å². The average Bonchev–Trinajstić information content (AvgIpc) is 3.19. The molecule has 0 radical (unpaired) electrons. The number of nitrogens with zero attached hydrogens (tertiary/aromatic N) is 3. The Labute approximate surface area is 182 Å². The molecule has 0 spiro atoms. The van der Waals surface area contributed by atoms with Crippen LogP contribution in [0.15, 0.2) is 6.20 Å². The van der Waals surface area contributed by atoms with Gasteiger partial charge >= 0.3 is 17.6 Å². The van der Waals surface area contributed by atoms with E-state index in [1.54, 1.807) is 27.7 Å². The number of rotatable bonds is 9. The number of aryl methyl sites for hydroxylation is 2. The lowest BCUT2D eigenvalue weighted by atomic mass is 10.1. The topological polar surface area (TPSA) is 143 Å². The van der Waals surface area contributed by atoms with E-state index in [-0.39, 0.29) is 52.5 Å². The molecule has 31 heavy (non-hydrogen) atoms. The van der Waals surface area contributed by atoms with Gasteiger partial charge in [0.1, 0.15) is 21.8 Å². The molecule has 2 aromatic heterocycles. The standard InChI is InChI=1S/C19H24N4O7S/c1-6-29-19(26)16-11(4)15(18(25)30-10(2)3)17(31-16)20-14(24)7-8-22-9-13(23(27)28)12(5)21-22/h9-10H,6-8H2,1-5H3,(H,20,24). The fourth-order valence-electron chi connectivity index (χ4n) is 2.72. The van der Waals surface area contributed by atoms with Crippen LogP contribution in [0.25, 0.3) is 0 Å². The molecule has 1 N–H and O–H groups in total. The molecule has 0 aliphatic rings. The van der Waals surface area contributed by atoms with Crippen molar-refractivity contribution in [3.05, 3.63) is 38.0 Å². The van der Waals surface area contributed by atoms with Gasteiger partial charge < -0.3 is 14.8 Å². The molecule has 11 nitrogen and oxygen atoms in total. The van der Waals surface area contributed by atoms with E-state index in [0.717, 1.165) is 11.3 Å². The Morgan fingerprint density at radius 1 is 1.29 bits per heavy atom. The molecule has 2 heterocycles. The van der Waals surface area contributed by atoms with E-state index in [9.17, 15) is 24.5 Å². The predicted molar refractivity (Wildman–Crippen MR) is 112 cm³/mol. The van der Waals surface area contributed by atoms with Crippen LogP contribution in [0.3, 0.4) is 0 Å². The van der Waals surface area contributed by atoms with E-state index >= 15 is 0 Å². The zero-order valence-electron chi connectivity index (χ0n) is 17.9. The van der Waals surface area contributed by atoms with Gasteiger partial charge in [0, 0.05) is 13.0 Å². The summed E-state index contributed by atoms with van der Waals surface area (Å²) in [5, 5.41) is 17.7. The number of hydrogen-bond donors (Lipinski definition) is 1. The van der Waals surface area contributed by atoms with Gasteiger partial charge in [-0.15, -0.1) is 11.3 Å². The average molecular weight is 452 g/mol. The maximum absolute atomic E-state index is 12.6. The van der Waals surface area contributed by atoms with Crippen LogP contribution < -0.4 is 5.32 Å². The molecule has 2 aromatic rings. The van der Waals surface area contributed by atoms with Crippen LogP contribution in [-0.4, -0.2) is 45.3 Å². The van der Waals surface area contributed by atoms with Gasteiger partial charge in [0.05, 0.1) is 23.2 Å². The number of carbonyl (C=O) groups excluding carboxylic acids is 3. The van der Waals surface area contributed by atoms with Crippen molar-refractivity contribution >= 4 is 39.9 Å². The molecule has 0 saturated heterocycles. The van der Waals surface area contributed by atoms with Crippen molar-refractivity contribution in [1.29, 1.82) is 0 Å². The molecule has 0 aliphatic heterocycles. The monoisotopic (exact) mass is 452 g/mol. The second-order valence-corrected chi connectivity index (χ2v) is 7.87. The smallest absolute Gasteiger partial charge is 0.348 e. The van der Waals surface area contributed by atoms with E-state index in [2.05, 4.69) is 10.4 Å². The highest BCUT2D eigenvalue weighted by Gasteiger charge is 2.28. The molecule has 0 unspecified atom stereocenters. The van der Waals surface area contributed by atoms with E-state index in [1.807, 2.05) is 0 Å². The maximum atomic E-state index is 12.6. The number of esters is 2. The van der Waals surface area contributed by atoms with Crippen molar-refractivity contribution in [2.24, 2.45) is 0 Å². The van der Waals surface area contributed by atoms with Gasteiger partial charge in [0.15, 0.2) is 0 Å². The van der Waals surface area contributed by atoms with Crippen molar-refractivity contribution in [2.45, 2.75) is 53.7 Å². The number of nitrogens with one attached hydrogen (secondary N) is 1. The molecule has 0 aromatic carbocycles. The van der Waals surface area contributed by atoms with Crippen molar-refractivity contribution in [3.63, 3.8) is 0 Å². The van der Waals surface area contributed by atoms with Crippen LogP contribution >= 0.6 is 11.3 Å². The van der Waals surface area contributed by atoms with Crippen molar-refractivity contribution < 1.29 is 28.8 Å². The Morgan fingerprint density at radius 2 is 1.97 bits per heavy atom. The Hall–Kier alpha value is -3.28. The third-order valence-electron chi connectivity index (χ3n) is 4.09. The van der Waals surface area contributed by atoms with Crippen molar-refractivity contribution in [1.82, 2.24) is 9.78 Å². The number of hydrogen-bond acceptors (Lipinski definition) is 9. The quantitative estimate of drug-likeness (QED) is 0.347. The first kappa shape index (κ1) is 24.0. The Bertz CT molecular complexity index is 1010. The third-order valence-corrected chi connectivity index (χ3v) is 5.28. The van der Waals surface area contributed by atoms with Gasteiger partial charge in [0.2, 0.25) is 5.91 Å². The Kier molecular flexibility index (Phi) is 7.86. The Morgan fingerprint density at radius 3 is 2.52 bits per heavy atom. The zero-order valence-corrected chi connectivity index (χ0v) is 18.7. The summed E-state index contributed by atoms with van der Waals surface area (Å²) >= 11 is 0.931. The molecule has 0 saturated carbocycles. The molecular formula is C19H24N4O7S. The number of anilines is 1. The van der Waals surface area contributed by atoms with Gasteiger partial charge in [-0.2, -0.15) is 5.10 Å². The lowest BCUT2D eigenvalue weighted by Gasteiger charge is -2.10. The molecule has 2 rings (SSSR count). The molecule has 0 fully saturated rings. The van der Waals surface area contributed by atoms with Crippen LogP contribution in [0.4, 0.5) is 10.7 Å². The second-order valence-electron chi connectivity index (χ2n) is 6.85. The highest BCUT2D eigenvalue weighted by molar-refractivity contribution is 7.18. The Balaban J connectivity index is 2.21. The molecule has 1 amide bonds. The first-order chi connectivity index (χ1) is 14.5. The van der Waals surface area contributed by atoms with Gasteiger partial charge in [-0.05, 0) is 40.2 Å². The molecule has 0 aliphatic carbocycles. The summed E-state index contributed by atoms with van der Waals surface area (Å²) < 4.78 is 11.6. The van der Waals surface area contributed by atoms with Crippen LogP contribution in [0.1, 0.15) is 58.5 Å². The van der Waals surface area contributed by atoms with Gasteiger partial charge in [-0.3, -0.25) is 19.6 Å². The van der Waals surface area contributed by atoms with Crippen LogP contribution in [-0.2, 0) is 20.8 Å². The molecule has 0 atom stereocenters. The summed E-state index contributed by atoms with van der Waals surface area (Å²) in [4.78, 5) is 47.8. The number of nitro groups is 1. The molecule has 0 bridgehead atoms. The summed E-state index contributed by atoms with van der Waals surface area (Å²) in [5.74, 6) is -1.71. The molecule has 12 heteroatoms. The summed E-state index contributed by atoms with van der Waals surface area (Å²) in [6.07, 6.45) is 0.811. The minimum Gasteiger partial charge on any atom is -0.462 e. The minimum atomic E-state index is -0.659. The summed E-state index contributed by atoms with van der Waals surface area (Å²) in [6, 6.07) is 0. The number of ether oxygens (including phenoxy) is 2. The van der Waals surface area contributed by atoms with Crippen molar-refractivity contribution in [3.8, 4) is 0 Å². The van der Waals surface area contributed by atoms with Gasteiger partial charge in [0.25, 0.3) is 0 Å². The summed E-state index contributed by atoms with van der Waals surface area (Å²) in [7, 11) is 0. The molecule has 168 valence electrons. The first-order valence-electron chi connectivity index (χ1n) is 9.54. The zero-order chi connectivity index (χ0) is 23.3. The maximum Gasteiger partial charge on any atom is 0.348 e. The summed E-state index contributed by atoms with van der Waals surface area (Å²) in [5.41, 5.74) is 0.576. The largest absolute Gasteiger partial charge is 0.462 e. The lowest BCUT2D eigenvalue weighted by Crippen LogP contribution is -2.18. The fourth-order valence-corrected chi connectivity index (χ4v) is 3.82. The van der Waals surface area contributed by atoms with E-state index in [4.69, 9.17) is 9.47 Å². The second kappa shape index (κ2) is 10.2. The van der Waals surface area contributed by atoms with Crippen molar-refractivity contribution in [2.75, 3.05) is 11.9 Å². The van der Waals surface area contributed by atoms with E-state index in [0.29, 0.717) is 5.56 Å². The molecular weight excluding hydrogens is 428 g/mol. The number of amides is 1. The predicted octanol–water partition coefficient (Wildman–Crippen LogP) is 3.24. The van der Waals surface area contributed by atoms with Gasteiger partial charge in [-0.25, -0.2) is 9.59 Å². The lowest BCUT2D eigenvalue weighted by molar-refractivity contribution is -0.385. The number of carbonyl (C=O) groups is 3. The third kappa shape index (κ3) is 5.87. The summed E-state index contributed by atoms with van der Waals surface area (Å²) in [6.45, 7) is 8.40. The van der Waals surface area contributed by atoms with E-state index in [1.165, 1.54) is 17.8 Å². The van der Waals surface area contributed by atoms with Crippen LogP contribution in [0, 0.1) is 24.0 Å². The fraction of sp³-hybridized carbons (Fsp3) is 0.474. The van der Waals surface area contributed by atoms with E-state index < -0.39 is 22.8 Å². The highest BCUT2D eigenvalue weighted by Crippen LogP contribution is 2.34. The SMILES string of the molecule is CCOC(=O)c1sc(NC(=O)CCn2cc([N+](=O)[O-])c(C)n2)c(C(=O)OC(C)C)c1C. The number of aromatic nitrogens is 2. The highest BCUT2D eigenvalue weighted by atomic mass is 32.1. The normalized spacial score (nSPS) is 10.8. The minimum absolute atomic E-state index is 0.0529. The number of thiophene rings is 1. The van der Waals surface area contributed by atoms with Crippen LogP contribution in [0.2, 0.25) is 0 Å².